The molecule has 1 unspecified atom stereocenters. The van der Waals surface area contributed by atoms with Crippen molar-refractivity contribution in [2.75, 3.05) is 13.1 Å². The number of amides is 1. The normalized spacial score (nSPS) is 18.1. The number of carbonyl (C=O) groups excluding carboxylic acids is 1. The predicted molar refractivity (Wildman–Crippen MR) is 146 cm³/mol. The first kappa shape index (κ1) is 25.1. The molecule has 1 aromatic heterocycles. The summed E-state index contributed by atoms with van der Waals surface area (Å²) in [6.45, 7) is 4.16. The molecule has 37 heavy (non-hydrogen) atoms. The molecule has 0 aliphatic carbocycles. The van der Waals surface area contributed by atoms with Crippen molar-refractivity contribution in [2.24, 2.45) is 7.05 Å². The van der Waals surface area contributed by atoms with Crippen LogP contribution in [0.5, 0.6) is 0 Å². The standard InChI is InChI=1S/C30H30ClN3O3/c1-20-12-13-25-24(27(20)31)17-26(33(25)2)28(35)32-30(23-11-6-10-22(16-23)29(36)37)14-7-15-34(19-30)18-21-8-4-3-5-9-21/h3-6,8-13,16-17H,7,14-15,18-19H2,1-2H3,(H,32,35)(H,36,37). The summed E-state index contributed by atoms with van der Waals surface area (Å²) in [7, 11) is 1.86. The zero-order chi connectivity index (χ0) is 26.2. The quantitative estimate of drug-likeness (QED) is 0.342. The van der Waals surface area contributed by atoms with Gasteiger partial charge in [-0.25, -0.2) is 4.79 Å². The number of halogens is 1. The Balaban J connectivity index is 1.53. The Hall–Kier alpha value is -3.61. The average molecular weight is 516 g/mol. The molecule has 2 heterocycles. The summed E-state index contributed by atoms with van der Waals surface area (Å²) in [6.07, 6.45) is 1.57. The Kier molecular flexibility index (Phi) is 6.80. The molecule has 0 spiro atoms. The minimum Gasteiger partial charge on any atom is -0.478 e. The van der Waals surface area contributed by atoms with Gasteiger partial charge in [-0.15, -0.1) is 0 Å². The molecule has 1 aliphatic rings. The van der Waals surface area contributed by atoms with Gasteiger partial charge in [-0.2, -0.15) is 0 Å². The van der Waals surface area contributed by atoms with Crippen molar-refractivity contribution in [1.29, 1.82) is 0 Å². The summed E-state index contributed by atoms with van der Waals surface area (Å²) in [5, 5.41) is 14.5. The van der Waals surface area contributed by atoms with Gasteiger partial charge in [0.25, 0.3) is 5.91 Å². The van der Waals surface area contributed by atoms with Crippen LogP contribution in [0.15, 0.2) is 72.8 Å². The molecule has 1 aliphatic heterocycles. The Bertz CT molecular complexity index is 1480. The number of aromatic carboxylic acids is 1. The van der Waals surface area contributed by atoms with Gasteiger partial charge in [-0.1, -0.05) is 60.1 Å². The average Bonchev–Trinajstić information content (AvgIpc) is 3.24. The fourth-order valence-corrected chi connectivity index (χ4v) is 5.68. The van der Waals surface area contributed by atoms with Crippen LogP contribution in [0.1, 0.15) is 50.4 Å². The molecule has 0 bridgehead atoms. The molecule has 1 saturated heterocycles. The lowest BCUT2D eigenvalue weighted by molar-refractivity contribution is 0.0696. The van der Waals surface area contributed by atoms with Crippen molar-refractivity contribution in [1.82, 2.24) is 14.8 Å². The van der Waals surface area contributed by atoms with E-state index in [-0.39, 0.29) is 11.5 Å². The van der Waals surface area contributed by atoms with E-state index in [1.54, 1.807) is 18.2 Å². The zero-order valence-corrected chi connectivity index (χ0v) is 21.8. The first-order chi connectivity index (χ1) is 17.8. The van der Waals surface area contributed by atoms with Crippen LogP contribution < -0.4 is 5.32 Å². The predicted octanol–water partition coefficient (Wildman–Crippen LogP) is 5.76. The lowest BCUT2D eigenvalue weighted by Gasteiger charge is -2.44. The van der Waals surface area contributed by atoms with Crippen LogP contribution in [0.4, 0.5) is 0 Å². The zero-order valence-electron chi connectivity index (χ0n) is 21.0. The molecule has 4 aromatic rings. The monoisotopic (exact) mass is 515 g/mol. The fraction of sp³-hybridized carbons (Fsp3) is 0.267. The van der Waals surface area contributed by atoms with Crippen LogP contribution in [0, 0.1) is 6.92 Å². The van der Waals surface area contributed by atoms with Crippen molar-refractivity contribution in [3.8, 4) is 0 Å². The van der Waals surface area contributed by atoms with Gasteiger partial charge in [0.15, 0.2) is 0 Å². The SMILES string of the molecule is Cc1ccc2c(cc(C(=O)NC3(c4cccc(C(=O)O)c4)CCCN(Cc4ccccc4)C3)n2C)c1Cl. The number of nitrogens with one attached hydrogen (secondary N) is 1. The number of hydrogen-bond acceptors (Lipinski definition) is 3. The fourth-order valence-electron chi connectivity index (χ4n) is 5.46. The molecular weight excluding hydrogens is 486 g/mol. The number of carboxylic acid groups (broad SMARTS) is 1. The molecule has 7 heteroatoms. The third kappa shape index (κ3) is 4.87. The summed E-state index contributed by atoms with van der Waals surface area (Å²) >= 11 is 6.57. The van der Waals surface area contributed by atoms with E-state index in [0.717, 1.165) is 41.5 Å². The molecule has 6 nitrogen and oxygen atoms in total. The van der Waals surface area contributed by atoms with E-state index >= 15 is 0 Å². The number of benzene rings is 3. The molecule has 0 radical (unpaired) electrons. The molecule has 3 aromatic carbocycles. The van der Waals surface area contributed by atoms with Crippen LogP contribution in [-0.4, -0.2) is 39.5 Å². The van der Waals surface area contributed by atoms with Crippen molar-refractivity contribution < 1.29 is 14.7 Å². The van der Waals surface area contributed by atoms with E-state index in [9.17, 15) is 14.7 Å². The van der Waals surface area contributed by atoms with Crippen molar-refractivity contribution in [3.63, 3.8) is 0 Å². The molecule has 1 fully saturated rings. The lowest BCUT2D eigenvalue weighted by atomic mass is 9.81. The number of likely N-dealkylation sites (tertiary alicyclic amines) is 1. The lowest BCUT2D eigenvalue weighted by Crippen LogP contribution is -2.56. The van der Waals surface area contributed by atoms with Crippen LogP contribution in [0.2, 0.25) is 5.02 Å². The van der Waals surface area contributed by atoms with Crippen LogP contribution in [0.25, 0.3) is 10.9 Å². The van der Waals surface area contributed by atoms with Gasteiger partial charge in [0.1, 0.15) is 5.69 Å². The highest BCUT2D eigenvalue weighted by atomic mass is 35.5. The third-order valence-corrected chi connectivity index (χ3v) is 7.92. The summed E-state index contributed by atoms with van der Waals surface area (Å²) in [4.78, 5) is 28.0. The van der Waals surface area contributed by atoms with E-state index in [2.05, 4.69) is 22.3 Å². The number of piperidine rings is 1. The Labute approximate surface area is 221 Å². The van der Waals surface area contributed by atoms with Gasteiger partial charge in [-0.05, 0) is 67.3 Å². The molecule has 2 N–H and O–H groups in total. The Morgan fingerprint density at radius 3 is 2.59 bits per heavy atom. The molecule has 5 rings (SSSR count). The second kappa shape index (κ2) is 10.0. The van der Waals surface area contributed by atoms with Gasteiger partial charge in [0, 0.05) is 31.0 Å². The minimum absolute atomic E-state index is 0.207. The van der Waals surface area contributed by atoms with E-state index in [1.807, 2.05) is 61.0 Å². The van der Waals surface area contributed by atoms with Crippen molar-refractivity contribution in [2.45, 2.75) is 31.8 Å². The van der Waals surface area contributed by atoms with E-state index in [1.165, 1.54) is 5.56 Å². The maximum atomic E-state index is 13.9. The number of aryl methyl sites for hydroxylation is 2. The van der Waals surface area contributed by atoms with Crippen LogP contribution >= 0.6 is 11.6 Å². The van der Waals surface area contributed by atoms with Crippen LogP contribution in [-0.2, 0) is 19.1 Å². The summed E-state index contributed by atoms with van der Waals surface area (Å²) in [5.74, 6) is -1.20. The Morgan fingerprint density at radius 2 is 1.84 bits per heavy atom. The number of nitrogens with zero attached hydrogens (tertiary/aromatic N) is 2. The van der Waals surface area contributed by atoms with E-state index in [0.29, 0.717) is 23.7 Å². The first-order valence-electron chi connectivity index (χ1n) is 12.4. The maximum Gasteiger partial charge on any atom is 0.335 e. The second-order valence-electron chi connectivity index (χ2n) is 9.94. The summed E-state index contributed by atoms with van der Waals surface area (Å²) < 4.78 is 1.86. The van der Waals surface area contributed by atoms with Gasteiger partial charge >= 0.3 is 5.97 Å². The number of rotatable bonds is 6. The van der Waals surface area contributed by atoms with Crippen LogP contribution in [0.3, 0.4) is 0 Å². The van der Waals surface area contributed by atoms with Gasteiger partial charge < -0.3 is 15.0 Å². The van der Waals surface area contributed by atoms with Gasteiger partial charge in [-0.3, -0.25) is 9.69 Å². The first-order valence-corrected chi connectivity index (χ1v) is 12.8. The molecule has 1 atom stereocenters. The molecule has 1 amide bonds. The smallest absolute Gasteiger partial charge is 0.335 e. The second-order valence-corrected chi connectivity index (χ2v) is 10.3. The highest BCUT2D eigenvalue weighted by Gasteiger charge is 2.39. The number of fused-ring (bicyclic) bond motifs is 1. The number of aromatic nitrogens is 1. The minimum atomic E-state index is -0.987. The topological polar surface area (TPSA) is 74.6 Å². The number of carboxylic acids is 1. The maximum absolute atomic E-state index is 13.9. The van der Waals surface area contributed by atoms with E-state index < -0.39 is 11.5 Å². The Morgan fingerprint density at radius 1 is 1.05 bits per heavy atom. The van der Waals surface area contributed by atoms with E-state index in [4.69, 9.17) is 11.6 Å². The van der Waals surface area contributed by atoms with Crippen molar-refractivity contribution in [3.05, 3.63) is 106 Å². The van der Waals surface area contributed by atoms with Gasteiger partial charge in [0.2, 0.25) is 0 Å². The van der Waals surface area contributed by atoms with Gasteiger partial charge in [0.05, 0.1) is 16.1 Å². The highest BCUT2D eigenvalue weighted by molar-refractivity contribution is 6.36. The molecular formula is C30H30ClN3O3. The number of hydrogen-bond donors (Lipinski definition) is 2. The molecule has 0 saturated carbocycles. The third-order valence-electron chi connectivity index (χ3n) is 7.42. The van der Waals surface area contributed by atoms with Crippen molar-refractivity contribution >= 4 is 34.4 Å². The largest absolute Gasteiger partial charge is 0.478 e. The molecule has 190 valence electrons. The summed E-state index contributed by atoms with van der Waals surface area (Å²) in [5.41, 5.74) is 3.81. The number of carbonyl (C=O) groups is 2. The summed E-state index contributed by atoms with van der Waals surface area (Å²) in [6, 6.07) is 23.0. The highest BCUT2D eigenvalue weighted by Crippen LogP contribution is 2.35.